The summed E-state index contributed by atoms with van der Waals surface area (Å²) >= 11 is 0. The number of aliphatic carboxylic acids is 1. The number of likely N-dealkylation sites (N-methyl/N-ethyl adjacent to an activating group) is 2. The Morgan fingerprint density at radius 3 is 2.60 bits per heavy atom. The van der Waals surface area contributed by atoms with E-state index in [9.17, 15) is 4.79 Å². The van der Waals surface area contributed by atoms with Crippen molar-refractivity contribution < 1.29 is 9.90 Å². The van der Waals surface area contributed by atoms with Crippen molar-refractivity contribution in [3.05, 3.63) is 0 Å². The first kappa shape index (κ1) is 12.5. The predicted octanol–water partition coefficient (Wildman–Crippen LogP) is 0.733. The van der Waals surface area contributed by atoms with Gasteiger partial charge in [-0.15, -0.1) is 0 Å². The van der Waals surface area contributed by atoms with Gasteiger partial charge >= 0.3 is 5.97 Å². The third-order valence-electron chi connectivity index (χ3n) is 3.06. The summed E-state index contributed by atoms with van der Waals surface area (Å²) in [6.07, 6.45) is 1.03. The molecule has 1 fully saturated rings. The molecule has 1 N–H and O–H groups in total. The van der Waals surface area contributed by atoms with Crippen LogP contribution in [0.15, 0.2) is 0 Å². The van der Waals surface area contributed by atoms with Gasteiger partial charge in [0.25, 0.3) is 0 Å². The summed E-state index contributed by atoms with van der Waals surface area (Å²) in [4.78, 5) is 15.2. The quantitative estimate of drug-likeness (QED) is 0.752. The van der Waals surface area contributed by atoms with Gasteiger partial charge in [-0.3, -0.25) is 4.79 Å². The van der Waals surface area contributed by atoms with Crippen LogP contribution in [0.3, 0.4) is 0 Å². The van der Waals surface area contributed by atoms with E-state index in [2.05, 4.69) is 30.8 Å². The van der Waals surface area contributed by atoms with Crippen molar-refractivity contribution >= 4 is 5.97 Å². The summed E-state index contributed by atoms with van der Waals surface area (Å²) < 4.78 is 0. The van der Waals surface area contributed by atoms with Crippen molar-refractivity contribution in [2.45, 2.75) is 25.8 Å². The first-order valence-corrected chi connectivity index (χ1v) is 5.59. The summed E-state index contributed by atoms with van der Waals surface area (Å²) in [7, 11) is 4.21. The Morgan fingerprint density at radius 1 is 1.33 bits per heavy atom. The Labute approximate surface area is 91.9 Å². The standard InChI is InChI=1S/C11H22N2O2/c1-9-6-12(2)8-10(13(3)7-9)4-5-11(14)15/h9-10H,4-8H2,1-3H3,(H,14,15). The number of carboxylic acids is 1. The number of rotatable bonds is 3. The molecular formula is C11H22N2O2. The Bertz CT molecular complexity index is 221. The zero-order chi connectivity index (χ0) is 11.4. The smallest absolute Gasteiger partial charge is 0.303 e. The van der Waals surface area contributed by atoms with E-state index < -0.39 is 5.97 Å². The zero-order valence-electron chi connectivity index (χ0n) is 9.94. The highest BCUT2D eigenvalue weighted by molar-refractivity contribution is 5.66. The van der Waals surface area contributed by atoms with Crippen molar-refractivity contribution in [3.63, 3.8) is 0 Å². The topological polar surface area (TPSA) is 43.8 Å². The summed E-state index contributed by atoms with van der Waals surface area (Å²) in [5.74, 6) is -0.0295. The first-order chi connectivity index (χ1) is 6.99. The van der Waals surface area contributed by atoms with Gasteiger partial charge in [0.15, 0.2) is 0 Å². The molecule has 0 radical (unpaired) electrons. The number of hydrogen-bond donors (Lipinski definition) is 1. The van der Waals surface area contributed by atoms with E-state index >= 15 is 0 Å². The summed E-state index contributed by atoms with van der Waals surface area (Å²) in [6, 6.07) is 0.385. The molecule has 4 nitrogen and oxygen atoms in total. The van der Waals surface area contributed by atoms with E-state index in [0.717, 1.165) is 26.1 Å². The largest absolute Gasteiger partial charge is 0.481 e. The minimum Gasteiger partial charge on any atom is -0.481 e. The molecule has 1 heterocycles. The van der Waals surface area contributed by atoms with E-state index in [4.69, 9.17) is 5.11 Å². The van der Waals surface area contributed by atoms with E-state index in [1.807, 2.05) is 0 Å². The summed E-state index contributed by atoms with van der Waals surface area (Å²) in [5.41, 5.74) is 0. The lowest BCUT2D eigenvalue weighted by molar-refractivity contribution is -0.137. The van der Waals surface area contributed by atoms with Crippen LogP contribution >= 0.6 is 0 Å². The van der Waals surface area contributed by atoms with Crippen LogP contribution in [0.1, 0.15) is 19.8 Å². The molecule has 0 bridgehead atoms. The SMILES string of the molecule is CC1CN(C)CC(CCC(=O)O)N(C)C1. The summed E-state index contributed by atoms with van der Waals surface area (Å²) in [6.45, 7) is 5.39. The maximum atomic E-state index is 10.5. The highest BCUT2D eigenvalue weighted by Gasteiger charge is 2.24. The van der Waals surface area contributed by atoms with Gasteiger partial charge in [0.2, 0.25) is 0 Å². The zero-order valence-corrected chi connectivity index (χ0v) is 9.94. The first-order valence-electron chi connectivity index (χ1n) is 5.59. The number of hydrogen-bond acceptors (Lipinski definition) is 3. The second kappa shape index (κ2) is 5.47. The molecule has 88 valence electrons. The Balaban J connectivity index is 2.49. The van der Waals surface area contributed by atoms with Crippen LogP contribution in [0.5, 0.6) is 0 Å². The molecule has 1 aliphatic heterocycles. The van der Waals surface area contributed by atoms with Crippen LogP contribution in [0.25, 0.3) is 0 Å². The highest BCUT2D eigenvalue weighted by atomic mass is 16.4. The molecule has 0 spiro atoms. The lowest BCUT2D eigenvalue weighted by atomic mass is 10.1. The maximum Gasteiger partial charge on any atom is 0.303 e. The maximum absolute atomic E-state index is 10.5. The molecule has 0 aromatic rings. The molecule has 0 aliphatic carbocycles. The average Bonchev–Trinajstić information content (AvgIpc) is 2.21. The number of carbonyl (C=O) groups is 1. The normalized spacial score (nSPS) is 30.1. The second-order valence-electron chi connectivity index (χ2n) is 4.85. The van der Waals surface area contributed by atoms with Gasteiger partial charge in [0.1, 0.15) is 0 Å². The minimum absolute atomic E-state index is 0.275. The van der Waals surface area contributed by atoms with Crippen molar-refractivity contribution in [3.8, 4) is 0 Å². The third kappa shape index (κ3) is 4.18. The van der Waals surface area contributed by atoms with Crippen molar-refractivity contribution in [1.29, 1.82) is 0 Å². The Hall–Kier alpha value is -0.610. The van der Waals surface area contributed by atoms with E-state index in [1.165, 1.54) is 0 Å². The summed E-state index contributed by atoms with van der Waals surface area (Å²) in [5, 5.41) is 8.69. The molecule has 0 aromatic carbocycles. The fraction of sp³-hybridized carbons (Fsp3) is 0.909. The van der Waals surface area contributed by atoms with E-state index in [0.29, 0.717) is 12.0 Å². The molecule has 2 unspecified atom stereocenters. The van der Waals surface area contributed by atoms with Gasteiger partial charge in [0.05, 0.1) is 0 Å². The van der Waals surface area contributed by atoms with Crippen molar-refractivity contribution in [2.75, 3.05) is 33.7 Å². The Kier molecular flexibility index (Phi) is 4.54. The van der Waals surface area contributed by atoms with Crippen LogP contribution in [0.2, 0.25) is 0 Å². The van der Waals surface area contributed by atoms with Crippen LogP contribution in [0.4, 0.5) is 0 Å². The fourth-order valence-corrected chi connectivity index (χ4v) is 2.41. The van der Waals surface area contributed by atoms with Gasteiger partial charge in [0, 0.05) is 32.1 Å². The molecule has 15 heavy (non-hydrogen) atoms. The monoisotopic (exact) mass is 214 g/mol. The molecule has 0 amide bonds. The lowest BCUT2D eigenvalue weighted by Gasteiger charge is -2.27. The van der Waals surface area contributed by atoms with Gasteiger partial charge in [-0.25, -0.2) is 0 Å². The average molecular weight is 214 g/mol. The molecule has 1 rings (SSSR count). The molecule has 0 saturated carbocycles. The van der Waals surface area contributed by atoms with Gasteiger partial charge in [-0.05, 0) is 26.4 Å². The van der Waals surface area contributed by atoms with Gasteiger partial charge in [-0.1, -0.05) is 6.92 Å². The van der Waals surface area contributed by atoms with Crippen LogP contribution < -0.4 is 0 Å². The predicted molar refractivity (Wildman–Crippen MR) is 59.9 cm³/mol. The van der Waals surface area contributed by atoms with Gasteiger partial charge in [-0.2, -0.15) is 0 Å². The molecule has 2 atom stereocenters. The van der Waals surface area contributed by atoms with E-state index in [-0.39, 0.29) is 6.42 Å². The molecular weight excluding hydrogens is 192 g/mol. The minimum atomic E-state index is -0.691. The van der Waals surface area contributed by atoms with E-state index in [1.54, 1.807) is 0 Å². The molecule has 4 heteroatoms. The van der Waals surface area contributed by atoms with Crippen LogP contribution in [0, 0.1) is 5.92 Å². The van der Waals surface area contributed by atoms with Gasteiger partial charge < -0.3 is 14.9 Å². The Morgan fingerprint density at radius 2 is 2.00 bits per heavy atom. The second-order valence-corrected chi connectivity index (χ2v) is 4.85. The van der Waals surface area contributed by atoms with Crippen LogP contribution in [-0.4, -0.2) is 60.6 Å². The third-order valence-corrected chi connectivity index (χ3v) is 3.06. The highest BCUT2D eigenvalue weighted by Crippen LogP contribution is 2.14. The molecule has 1 saturated heterocycles. The number of carboxylic acid groups (broad SMARTS) is 1. The number of nitrogens with zero attached hydrogens (tertiary/aromatic N) is 2. The fourth-order valence-electron chi connectivity index (χ4n) is 2.41. The molecule has 0 aromatic heterocycles. The van der Waals surface area contributed by atoms with Crippen LogP contribution in [-0.2, 0) is 4.79 Å². The lowest BCUT2D eigenvalue weighted by Crippen LogP contribution is -2.38. The van der Waals surface area contributed by atoms with Crippen molar-refractivity contribution in [1.82, 2.24) is 9.80 Å². The van der Waals surface area contributed by atoms with Crippen molar-refractivity contribution in [2.24, 2.45) is 5.92 Å². The molecule has 1 aliphatic rings.